The fourth-order valence-electron chi connectivity index (χ4n) is 2.93. The van der Waals surface area contributed by atoms with E-state index in [1.807, 2.05) is 30.3 Å². The lowest BCUT2D eigenvalue weighted by molar-refractivity contribution is -0.148. The Labute approximate surface area is 150 Å². The van der Waals surface area contributed by atoms with E-state index in [-0.39, 0.29) is 11.9 Å². The first-order valence-electron chi connectivity index (χ1n) is 9.29. The molecule has 1 amide bonds. The second-order valence-corrected chi connectivity index (χ2v) is 7.10. The largest absolute Gasteiger partial charge is 0.464 e. The maximum absolute atomic E-state index is 12.5. The molecule has 2 rings (SSSR count). The third-order valence-corrected chi connectivity index (χ3v) is 4.43. The van der Waals surface area contributed by atoms with Crippen LogP contribution in [0.5, 0.6) is 0 Å². The van der Waals surface area contributed by atoms with Gasteiger partial charge in [0, 0.05) is 0 Å². The highest BCUT2D eigenvalue weighted by molar-refractivity contribution is 5.86. The van der Waals surface area contributed by atoms with Crippen LogP contribution in [0.2, 0.25) is 0 Å². The fourth-order valence-corrected chi connectivity index (χ4v) is 2.93. The monoisotopic (exact) mass is 346 g/mol. The number of esters is 1. The van der Waals surface area contributed by atoms with Crippen LogP contribution in [0.3, 0.4) is 0 Å². The van der Waals surface area contributed by atoms with Crippen molar-refractivity contribution in [2.45, 2.75) is 45.6 Å². The van der Waals surface area contributed by atoms with Gasteiger partial charge in [-0.05, 0) is 43.8 Å². The number of carbonyl (C=O) groups excluding carboxylic acids is 2. The van der Waals surface area contributed by atoms with Gasteiger partial charge in [0.05, 0.1) is 13.2 Å². The van der Waals surface area contributed by atoms with Crippen LogP contribution in [-0.2, 0) is 14.3 Å². The van der Waals surface area contributed by atoms with Crippen molar-refractivity contribution in [3.05, 3.63) is 35.9 Å². The smallest absolute Gasteiger partial charge is 0.333 e. The highest BCUT2D eigenvalue weighted by Crippen LogP contribution is 2.16. The summed E-state index contributed by atoms with van der Waals surface area (Å²) in [6, 6.07) is 8.55. The molecule has 0 bridgehead atoms. The van der Waals surface area contributed by atoms with E-state index in [1.54, 1.807) is 0 Å². The van der Waals surface area contributed by atoms with Gasteiger partial charge in [-0.25, -0.2) is 4.79 Å². The molecular weight excluding hydrogens is 316 g/mol. The zero-order valence-electron chi connectivity index (χ0n) is 15.4. The Balaban J connectivity index is 1.96. The molecule has 1 aromatic carbocycles. The van der Waals surface area contributed by atoms with Crippen LogP contribution in [0.15, 0.2) is 30.3 Å². The molecule has 0 aromatic heterocycles. The zero-order valence-corrected chi connectivity index (χ0v) is 15.4. The van der Waals surface area contributed by atoms with Gasteiger partial charge in [0.25, 0.3) is 0 Å². The average molecular weight is 346 g/mol. The van der Waals surface area contributed by atoms with E-state index >= 15 is 0 Å². The number of rotatable bonds is 8. The molecule has 138 valence electrons. The number of nitrogens with one attached hydrogen (secondary N) is 1. The molecule has 0 unspecified atom stereocenters. The van der Waals surface area contributed by atoms with Crippen molar-refractivity contribution in [1.29, 1.82) is 0 Å². The number of hydrogen-bond acceptors (Lipinski definition) is 4. The number of hydrogen-bond donors (Lipinski definition) is 1. The second kappa shape index (κ2) is 10.2. The molecule has 1 heterocycles. The predicted molar refractivity (Wildman–Crippen MR) is 98.0 cm³/mol. The fraction of sp³-hybridized carbons (Fsp3) is 0.600. The van der Waals surface area contributed by atoms with Gasteiger partial charge in [-0.1, -0.05) is 50.6 Å². The third-order valence-electron chi connectivity index (χ3n) is 4.43. The SMILES string of the molecule is CC(C)CCOC(=O)[C@@H](NC(=O)CN1CCCCC1)c1ccccc1. The molecule has 25 heavy (non-hydrogen) atoms. The molecule has 1 saturated heterocycles. The maximum Gasteiger partial charge on any atom is 0.333 e. The molecule has 1 fully saturated rings. The Hall–Kier alpha value is -1.88. The zero-order chi connectivity index (χ0) is 18.1. The Morgan fingerprint density at radius 2 is 1.80 bits per heavy atom. The molecule has 5 heteroatoms. The van der Waals surface area contributed by atoms with Crippen LogP contribution in [-0.4, -0.2) is 43.0 Å². The van der Waals surface area contributed by atoms with Gasteiger partial charge in [-0.3, -0.25) is 9.69 Å². The third kappa shape index (κ3) is 6.86. The summed E-state index contributed by atoms with van der Waals surface area (Å²) in [6.07, 6.45) is 4.31. The van der Waals surface area contributed by atoms with Gasteiger partial charge in [0.2, 0.25) is 5.91 Å². The number of amides is 1. The number of benzene rings is 1. The van der Waals surface area contributed by atoms with Gasteiger partial charge in [-0.2, -0.15) is 0 Å². The number of piperidine rings is 1. The van der Waals surface area contributed by atoms with E-state index in [0.717, 1.165) is 37.9 Å². The molecule has 1 aliphatic heterocycles. The summed E-state index contributed by atoms with van der Waals surface area (Å²) in [5.41, 5.74) is 0.754. The quantitative estimate of drug-likeness (QED) is 0.735. The van der Waals surface area contributed by atoms with E-state index in [9.17, 15) is 9.59 Å². The minimum absolute atomic E-state index is 0.128. The van der Waals surface area contributed by atoms with Crippen molar-refractivity contribution in [3.8, 4) is 0 Å². The molecule has 0 spiro atoms. The number of likely N-dealkylation sites (tertiary alicyclic amines) is 1. The van der Waals surface area contributed by atoms with Crippen molar-refractivity contribution in [3.63, 3.8) is 0 Å². The minimum atomic E-state index is -0.745. The van der Waals surface area contributed by atoms with Crippen molar-refractivity contribution in [1.82, 2.24) is 10.2 Å². The van der Waals surface area contributed by atoms with Crippen molar-refractivity contribution in [2.24, 2.45) is 5.92 Å². The van der Waals surface area contributed by atoms with Crippen LogP contribution in [0, 0.1) is 5.92 Å². The minimum Gasteiger partial charge on any atom is -0.464 e. The lowest BCUT2D eigenvalue weighted by atomic mass is 10.1. The van der Waals surface area contributed by atoms with Crippen molar-refractivity contribution in [2.75, 3.05) is 26.2 Å². The normalized spacial score (nSPS) is 16.4. The molecule has 1 aliphatic rings. The Kier molecular flexibility index (Phi) is 7.92. The lowest BCUT2D eigenvalue weighted by Crippen LogP contribution is -2.43. The summed E-state index contributed by atoms with van der Waals surface area (Å²) in [7, 11) is 0. The van der Waals surface area contributed by atoms with Crippen LogP contribution >= 0.6 is 0 Å². The summed E-state index contributed by atoms with van der Waals surface area (Å²) >= 11 is 0. The van der Waals surface area contributed by atoms with Crippen molar-refractivity contribution < 1.29 is 14.3 Å². The van der Waals surface area contributed by atoms with Gasteiger partial charge >= 0.3 is 5.97 Å². The number of ether oxygens (including phenoxy) is 1. The van der Waals surface area contributed by atoms with Crippen LogP contribution < -0.4 is 5.32 Å². The summed E-state index contributed by atoms with van der Waals surface area (Å²) in [6.45, 7) is 6.78. The lowest BCUT2D eigenvalue weighted by Gasteiger charge is -2.26. The second-order valence-electron chi connectivity index (χ2n) is 7.10. The molecule has 5 nitrogen and oxygen atoms in total. The summed E-state index contributed by atoms with van der Waals surface area (Å²) in [5, 5.41) is 2.86. The van der Waals surface area contributed by atoms with Crippen LogP contribution in [0.25, 0.3) is 0 Å². The molecule has 1 N–H and O–H groups in total. The number of nitrogens with zero attached hydrogens (tertiary/aromatic N) is 1. The molecule has 1 atom stereocenters. The summed E-state index contributed by atoms with van der Waals surface area (Å²) < 4.78 is 5.39. The Morgan fingerprint density at radius 3 is 2.44 bits per heavy atom. The van der Waals surface area contributed by atoms with E-state index in [4.69, 9.17) is 4.74 Å². The average Bonchev–Trinajstić information content (AvgIpc) is 2.61. The first kappa shape index (κ1) is 19.4. The van der Waals surface area contributed by atoms with Gasteiger partial charge in [0.15, 0.2) is 6.04 Å². The van der Waals surface area contributed by atoms with Crippen molar-refractivity contribution >= 4 is 11.9 Å². The maximum atomic E-state index is 12.5. The highest BCUT2D eigenvalue weighted by atomic mass is 16.5. The highest BCUT2D eigenvalue weighted by Gasteiger charge is 2.25. The molecule has 0 aliphatic carbocycles. The molecular formula is C20H30N2O3. The summed E-state index contributed by atoms with van der Waals surface area (Å²) in [5.74, 6) is -0.0490. The first-order valence-corrected chi connectivity index (χ1v) is 9.29. The Bertz CT molecular complexity index is 539. The van der Waals surface area contributed by atoms with Crippen LogP contribution in [0.1, 0.15) is 51.1 Å². The number of carbonyl (C=O) groups is 2. The van der Waals surface area contributed by atoms with Gasteiger partial charge in [0.1, 0.15) is 0 Å². The van der Waals surface area contributed by atoms with E-state index in [1.165, 1.54) is 6.42 Å². The Morgan fingerprint density at radius 1 is 1.12 bits per heavy atom. The predicted octanol–water partition coefficient (Wildman–Crippen LogP) is 2.92. The molecule has 1 aromatic rings. The topological polar surface area (TPSA) is 58.6 Å². The molecule has 0 saturated carbocycles. The van der Waals surface area contributed by atoms with Gasteiger partial charge in [-0.15, -0.1) is 0 Å². The summed E-state index contributed by atoms with van der Waals surface area (Å²) in [4.78, 5) is 27.1. The van der Waals surface area contributed by atoms with E-state index in [2.05, 4.69) is 24.1 Å². The molecule has 0 radical (unpaired) electrons. The van der Waals surface area contributed by atoms with Gasteiger partial charge < -0.3 is 10.1 Å². The standard InChI is InChI=1S/C20H30N2O3/c1-16(2)11-14-25-20(24)19(17-9-5-3-6-10-17)21-18(23)15-22-12-7-4-8-13-22/h3,5-6,9-10,16,19H,4,7-8,11-15H2,1-2H3,(H,21,23)/t19-/m0/s1. The van der Waals surface area contributed by atoms with E-state index in [0.29, 0.717) is 19.1 Å². The van der Waals surface area contributed by atoms with E-state index < -0.39 is 6.04 Å². The van der Waals surface area contributed by atoms with Crippen LogP contribution in [0.4, 0.5) is 0 Å². The first-order chi connectivity index (χ1) is 12.1.